The number of aromatic nitrogens is 1. The van der Waals surface area contributed by atoms with Crippen LogP contribution in [0.25, 0.3) is 0 Å². The lowest BCUT2D eigenvalue weighted by molar-refractivity contribution is -0.116. The van der Waals surface area contributed by atoms with Gasteiger partial charge in [0, 0.05) is 61.7 Å². The third-order valence-electron chi connectivity index (χ3n) is 4.16. The molecule has 1 atom stereocenters. The normalized spacial score (nSPS) is 17.6. The van der Waals surface area contributed by atoms with Crippen LogP contribution in [0.15, 0.2) is 48.8 Å². The lowest BCUT2D eigenvalue weighted by atomic mass is 10.1. The molecule has 7 heteroatoms. The molecule has 3 rings (SSSR count). The van der Waals surface area contributed by atoms with Crippen molar-refractivity contribution in [3.8, 4) is 0 Å². The molecule has 1 aliphatic rings. The maximum atomic E-state index is 12.2. The minimum absolute atomic E-state index is 0. The average molecular weight is 381 g/mol. The minimum Gasteiger partial charge on any atom is -0.326 e. The van der Waals surface area contributed by atoms with E-state index in [-0.39, 0.29) is 24.4 Å². The van der Waals surface area contributed by atoms with Crippen LogP contribution in [0.4, 0.5) is 5.69 Å². The summed E-state index contributed by atoms with van der Waals surface area (Å²) < 4.78 is 0. The molecule has 2 N–H and O–H groups in total. The summed E-state index contributed by atoms with van der Waals surface area (Å²) in [7, 11) is 0. The molecule has 0 radical (unpaired) electrons. The van der Waals surface area contributed by atoms with Crippen molar-refractivity contribution in [2.75, 3.05) is 31.5 Å². The number of halogens is 2. The van der Waals surface area contributed by atoms with Gasteiger partial charge in [-0.2, -0.15) is 0 Å². The predicted molar refractivity (Wildman–Crippen MR) is 103 cm³/mol. The number of pyridine rings is 1. The molecule has 1 aliphatic heterocycles. The number of nitrogens with zero attached hydrogens (tertiary/aromatic N) is 2. The van der Waals surface area contributed by atoms with Gasteiger partial charge in [0.15, 0.2) is 0 Å². The van der Waals surface area contributed by atoms with Gasteiger partial charge in [-0.1, -0.05) is 23.7 Å². The molecule has 0 saturated carbocycles. The Morgan fingerprint density at radius 3 is 3.00 bits per heavy atom. The van der Waals surface area contributed by atoms with Crippen molar-refractivity contribution in [3.63, 3.8) is 0 Å². The van der Waals surface area contributed by atoms with Gasteiger partial charge in [-0.3, -0.25) is 14.7 Å². The summed E-state index contributed by atoms with van der Waals surface area (Å²) in [5.74, 6) is 0.000681. The number of amides is 1. The Balaban J connectivity index is 0.00000225. The molecule has 1 amide bonds. The molecule has 1 fully saturated rings. The zero-order valence-electron chi connectivity index (χ0n) is 13.8. The highest BCUT2D eigenvalue weighted by molar-refractivity contribution is 6.30. The van der Waals surface area contributed by atoms with Gasteiger partial charge in [0.2, 0.25) is 5.91 Å². The minimum atomic E-state index is 0. The maximum Gasteiger partial charge on any atom is 0.225 e. The molecule has 134 valence electrons. The zero-order chi connectivity index (χ0) is 16.8. The van der Waals surface area contributed by atoms with Crippen molar-refractivity contribution >= 4 is 35.6 Å². The number of benzene rings is 1. The molecule has 5 nitrogen and oxygen atoms in total. The quantitative estimate of drug-likeness (QED) is 0.836. The summed E-state index contributed by atoms with van der Waals surface area (Å²) in [5, 5.41) is 6.93. The molecule has 1 aromatic heterocycles. The van der Waals surface area contributed by atoms with E-state index in [1.165, 1.54) is 5.56 Å². The second-order valence-corrected chi connectivity index (χ2v) is 6.29. The van der Waals surface area contributed by atoms with Crippen molar-refractivity contribution in [2.45, 2.75) is 12.5 Å². The molecule has 1 saturated heterocycles. The van der Waals surface area contributed by atoms with E-state index in [4.69, 9.17) is 11.6 Å². The third-order valence-corrected chi connectivity index (χ3v) is 4.39. The van der Waals surface area contributed by atoms with E-state index in [2.05, 4.69) is 26.6 Å². The van der Waals surface area contributed by atoms with Gasteiger partial charge in [0.25, 0.3) is 0 Å². The standard InChI is InChI=1S/C18H21ClN4O.ClH/c19-15-4-1-5-16(11-15)22-18(24)6-9-23-10-8-21-13-17(23)14-3-2-7-20-12-14;/h1-5,7,11-12,17,21H,6,8-10,13H2,(H,22,24);1H. The van der Waals surface area contributed by atoms with Crippen LogP contribution < -0.4 is 10.6 Å². The van der Waals surface area contributed by atoms with Gasteiger partial charge in [0.1, 0.15) is 0 Å². The largest absolute Gasteiger partial charge is 0.326 e. The number of nitrogens with one attached hydrogen (secondary N) is 2. The summed E-state index contributed by atoms with van der Waals surface area (Å²) in [6.45, 7) is 3.45. The fourth-order valence-electron chi connectivity index (χ4n) is 2.95. The van der Waals surface area contributed by atoms with E-state index in [0.717, 1.165) is 25.3 Å². The molecule has 0 aliphatic carbocycles. The highest BCUT2D eigenvalue weighted by atomic mass is 35.5. The number of hydrogen-bond acceptors (Lipinski definition) is 4. The van der Waals surface area contributed by atoms with Crippen LogP contribution in [0.5, 0.6) is 0 Å². The molecular weight excluding hydrogens is 359 g/mol. The summed E-state index contributed by atoms with van der Waals surface area (Å²) in [4.78, 5) is 18.7. The van der Waals surface area contributed by atoms with E-state index in [9.17, 15) is 4.79 Å². The Bertz CT molecular complexity index is 684. The van der Waals surface area contributed by atoms with Crippen LogP contribution >= 0.6 is 24.0 Å². The third kappa shape index (κ3) is 5.68. The van der Waals surface area contributed by atoms with Crippen LogP contribution in [-0.2, 0) is 4.79 Å². The second kappa shape index (κ2) is 9.73. The number of anilines is 1. The zero-order valence-corrected chi connectivity index (χ0v) is 15.4. The Morgan fingerprint density at radius 2 is 2.24 bits per heavy atom. The van der Waals surface area contributed by atoms with Crippen LogP contribution in [0.2, 0.25) is 5.02 Å². The molecule has 1 unspecified atom stereocenters. The maximum absolute atomic E-state index is 12.2. The molecule has 1 aromatic carbocycles. The van der Waals surface area contributed by atoms with Gasteiger partial charge in [-0.25, -0.2) is 0 Å². The summed E-state index contributed by atoms with van der Waals surface area (Å²) in [6.07, 6.45) is 4.13. The number of hydrogen-bond donors (Lipinski definition) is 2. The SMILES string of the molecule is Cl.O=C(CCN1CCNCC1c1cccnc1)Nc1cccc(Cl)c1. The monoisotopic (exact) mass is 380 g/mol. The Morgan fingerprint density at radius 1 is 1.36 bits per heavy atom. The molecule has 2 aromatic rings. The first-order valence-corrected chi connectivity index (χ1v) is 8.50. The van der Waals surface area contributed by atoms with Crippen molar-refractivity contribution in [1.29, 1.82) is 0 Å². The first-order chi connectivity index (χ1) is 11.7. The summed E-state index contributed by atoms with van der Waals surface area (Å²) >= 11 is 5.94. The average Bonchev–Trinajstić information content (AvgIpc) is 2.61. The lowest BCUT2D eigenvalue weighted by Crippen LogP contribution is -2.46. The van der Waals surface area contributed by atoms with Gasteiger partial charge in [-0.15, -0.1) is 12.4 Å². The molecule has 2 heterocycles. The molecule has 25 heavy (non-hydrogen) atoms. The number of piperazine rings is 1. The summed E-state index contributed by atoms with van der Waals surface area (Å²) in [5.41, 5.74) is 1.91. The van der Waals surface area contributed by atoms with Crippen molar-refractivity contribution in [3.05, 3.63) is 59.4 Å². The van der Waals surface area contributed by atoms with Crippen LogP contribution in [0.3, 0.4) is 0 Å². The van der Waals surface area contributed by atoms with E-state index in [1.54, 1.807) is 18.3 Å². The van der Waals surface area contributed by atoms with Gasteiger partial charge in [0.05, 0.1) is 0 Å². The van der Waals surface area contributed by atoms with Crippen molar-refractivity contribution < 1.29 is 4.79 Å². The summed E-state index contributed by atoms with van der Waals surface area (Å²) in [6, 6.07) is 11.5. The Hall–Kier alpha value is -1.66. The van der Waals surface area contributed by atoms with E-state index in [0.29, 0.717) is 18.0 Å². The van der Waals surface area contributed by atoms with Crippen LogP contribution in [0.1, 0.15) is 18.0 Å². The van der Waals surface area contributed by atoms with Crippen molar-refractivity contribution in [1.82, 2.24) is 15.2 Å². The number of rotatable bonds is 5. The lowest BCUT2D eigenvalue weighted by Gasteiger charge is -2.36. The van der Waals surface area contributed by atoms with Gasteiger partial charge < -0.3 is 10.6 Å². The van der Waals surface area contributed by atoms with E-state index < -0.39 is 0 Å². The Labute approximate surface area is 159 Å². The first-order valence-electron chi connectivity index (χ1n) is 8.12. The predicted octanol–water partition coefficient (Wildman–Crippen LogP) is 3.13. The fourth-order valence-corrected chi connectivity index (χ4v) is 3.14. The van der Waals surface area contributed by atoms with E-state index in [1.807, 2.05) is 24.4 Å². The highest BCUT2D eigenvalue weighted by Gasteiger charge is 2.24. The van der Waals surface area contributed by atoms with Gasteiger partial charge in [-0.05, 0) is 29.8 Å². The Kier molecular flexibility index (Phi) is 7.65. The second-order valence-electron chi connectivity index (χ2n) is 5.85. The first kappa shape index (κ1) is 19.7. The highest BCUT2D eigenvalue weighted by Crippen LogP contribution is 2.21. The van der Waals surface area contributed by atoms with Crippen LogP contribution in [-0.4, -0.2) is 42.0 Å². The van der Waals surface area contributed by atoms with Crippen molar-refractivity contribution in [2.24, 2.45) is 0 Å². The smallest absolute Gasteiger partial charge is 0.225 e. The topological polar surface area (TPSA) is 57.3 Å². The van der Waals surface area contributed by atoms with E-state index >= 15 is 0 Å². The molecular formula is C18H22Cl2N4O. The van der Waals surface area contributed by atoms with Gasteiger partial charge >= 0.3 is 0 Å². The molecule has 0 spiro atoms. The fraction of sp³-hybridized carbons (Fsp3) is 0.333. The van der Waals surface area contributed by atoms with Crippen LogP contribution in [0, 0.1) is 0 Å². The number of carbonyl (C=O) groups excluding carboxylic acids is 1. The molecule has 0 bridgehead atoms. The number of carbonyl (C=O) groups is 1.